The molecule has 8 heteroatoms. The SMILES string of the molecule is COc1ccccc1[C@@H](C)NC(=O)CN(Cc1ccc(F)cc1)S(C)(=O)=O. The highest BCUT2D eigenvalue weighted by Crippen LogP contribution is 2.24. The average Bonchev–Trinajstić information content (AvgIpc) is 2.62. The summed E-state index contributed by atoms with van der Waals surface area (Å²) in [7, 11) is -2.08. The van der Waals surface area contributed by atoms with Crippen LogP contribution in [0.1, 0.15) is 24.1 Å². The monoisotopic (exact) mass is 394 g/mol. The van der Waals surface area contributed by atoms with Gasteiger partial charge in [-0.1, -0.05) is 30.3 Å². The topological polar surface area (TPSA) is 75.7 Å². The summed E-state index contributed by atoms with van der Waals surface area (Å²) >= 11 is 0. The second-order valence-electron chi connectivity index (χ2n) is 6.19. The largest absolute Gasteiger partial charge is 0.496 e. The number of hydrogen-bond donors (Lipinski definition) is 1. The second-order valence-corrected chi connectivity index (χ2v) is 8.17. The Morgan fingerprint density at radius 2 is 1.81 bits per heavy atom. The van der Waals surface area contributed by atoms with Gasteiger partial charge in [0.2, 0.25) is 15.9 Å². The van der Waals surface area contributed by atoms with Crippen molar-refractivity contribution >= 4 is 15.9 Å². The van der Waals surface area contributed by atoms with Gasteiger partial charge in [-0.15, -0.1) is 0 Å². The summed E-state index contributed by atoms with van der Waals surface area (Å²) in [4.78, 5) is 12.4. The van der Waals surface area contributed by atoms with Crippen molar-refractivity contribution in [1.29, 1.82) is 0 Å². The van der Waals surface area contributed by atoms with Crippen LogP contribution in [-0.4, -0.2) is 38.5 Å². The summed E-state index contributed by atoms with van der Waals surface area (Å²) in [6, 6.07) is 12.4. The van der Waals surface area contributed by atoms with E-state index < -0.39 is 21.7 Å². The van der Waals surface area contributed by atoms with Crippen molar-refractivity contribution in [2.45, 2.75) is 19.5 Å². The molecule has 0 aliphatic rings. The summed E-state index contributed by atoms with van der Waals surface area (Å²) in [6.07, 6.45) is 1.04. The molecule has 0 saturated carbocycles. The molecule has 0 aromatic heterocycles. The molecule has 0 unspecified atom stereocenters. The van der Waals surface area contributed by atoms with Gasteiger partial charge < -0.3 is 10.1 Å². The van der Waals surface area contributed by atoms with E-state index in [0.717, 1.165) is 16.1 Å². The Balaban J connectivity index is 2.08. The third-order valence-corrected chi connectivity index (χ3v) is 5.24. The van der Waals surface area contributed by atoms with E-state index in [-0.39, 0.29) is 19.1 Å². The maximum atomic E-state index is 13.0. The molecule has 6 nitrogen and oxygen atoms in total. The van der Waals surface area contributed by atoms with Gasteiger partial charge >= 0.3 is 0 Å². The summed E-state index contributed by atoms with van der Waals surface area (Å²) in [5, 5.41) is 2.78. The fourth-order valence-electron chi connectivity index (χ4n) is 2.63. The average molecular weight is 394 g/mol. The second kappa shape index (κ2) is 8.96. The highest BCUT2D eigenvalue weighted by atomic mass is 32.2. The molecule has 0 aliphatic heterocycles. The van der Waals surface area contributed by atoms with E-state index in [1.165, 1.54) is 24.3 Å². The van der Waals surface area contributed by atoms with E-state index in [2.05, 4.69) is 5.32 Å². The lowest BCUT2D eigenvalue weighted by molar-refractivity contribution is -0.122. The lowest BCUT2D eigenvalue weighted by Gasteiger charge is -2.22. The predicted molar refractivity (Wildman–Crippen MR) is 101 cm³/mol. The van der Waals surface area contributed by atoms with E-state index in [1.54, 1.807) is 20.1 Å². The van der Waals surface area contributed by atoms with Gasteiger partial charge in [-0.25, -0.2) is 12.8 Å². The van der Waals surface area contributed by atoms with Gasteiger partial charge in [0, 0.05) is 12.1 Å². The van der Waals surface area contributed by atoms with Crippen molar-refractivity contribution in [1.82, 2.24) is 9.62 Å². The van der Waals surface area contributed by atoms with Gasteiger partial charge in [-0.3, -0.25) is 4.79 Å². The molecule has 1 atom stereocenters. The van der Waals surface area contributed by atoms with E-state index in [1.807, 2.05) is 18.2 Å². The summed E-state index contributed by atoms with van der Waals surface area (Å²) in [6.45, 7) is 1.44. The number of rotatable bonds is 8. The van der Waals surface area contributed by atoms with Crippen LogP contribution in [0.15, 0.2) is 48.5 Å². The number of nitrogens with zero attached hydrogens (tertiary/aromatic N) is 1. The quantitative estimate of drug-likeness (QED) is 0.746. The van der Waals surface area contributed by atoms with Crippen LogP contribution >= 0.6 is 0 Å². The van der Waals surface area contributed by atoms with Crippen molar-refractivity contribution in [3.05, 3.63) is 65.5 Å². The predicted octanol–water partition coefficient (Wildman–Crippen LogP) is 2.47. The smallest absolute Gasteiger partial charge is 0.235 e. The Morgan fingerprint density at radius 3 is 2.41 bits per heavy atom. The molecule has 2 aromatic carbocycles. The van der Waals surface area contributed by atoms with Crippen molar-refractivity contribution in [3.63, 3.8) is 0 Å². The van der Waals surface area contributed by atoms with Crippen LogP contribution in [0.3, 0.4) is 0 Å². The molecule has 0 bridgehead atoms. The standard InChI is InChI=1S/C19H23FN2O4S/c1-14(17-6-4-5-7-18(17)26-2)21-19(23)13-22(27(3,24)25)12-15-8-10-16(20)11-9-15/h4-11,14H,12-13H2,1-3H3,(H,21,23)/t14-/m1/s1. The number of carbonyl (C=O) groups excluding carboxylic acids is 1. The Bertz CT molecular complexity index is 885. The van der Waals surface area contributed by atoms with Crippen LogP contribution in [-0.2, 0) is 21.4 Å². The Morgan fingerprint density at radius 1 is 1.19 bits per heavy atom. The van der Waals surface area contributed by atoms with Gasteiger partial charge in [0.15, 0.2) is 0 Å². The maximum Gasteiger partial charge on any atom is 0.235 e. The minimum Gasteiger partial charge on any atom is -0.496 e. The third kappa shape index (κ3) is 6.04. The molecular formula is C19H23FN2O4S. The number of halogens is 1. The molecule has 27 heavy (non-hydrogen) atoms. The van der Waals surface area contributed by atoms with E-state index in [4.69, 9.17) is 4.74 Å². The molecule has 0 radical (unpaired) electrons. The van der Waals surface area contributed by atoms with Crippen LogP contribution in [0.25, 0.3) is 0 Å². The molecule has 146 valence electrons. The molecule has 1 amide bonds. The van der Waals surface area contributed by atoms with Crippen molar-refractivity contribution < 1.29 is 22.3 Å². The Kier molecular flexibility index (Phi) is 6.92. The maximum absolute atomic E-state index is 13.0. The molecule has 2 aromatic rings. The number of nitrogens with one attached hydrogen (secondary N) is 1. The fourth-order valence-corrected chi connectivity index (χ4v) is 3.37. The summed E-state index contributed by atoms with van der Waals surface area (Å²) in [5.41, 5.74) is 1.38. The molecule has 1 N–H and O–H groups in total. The minimum atomic E-state index is -3.63. The highest BCUT2D eigenvalue weighted by Gasteiger charge is 2.22. The minimum absolute atomic E-state index is 0.0183. The molecule has 0 heterocycles. The van der Waals surface area contributed by atoms with Gasteiger partial charge in [-0.2, -0.15) is 4.31 Å². The number of hydrogen-bond acceptors (Lipinski definition) is 4. The number of sulfonamides is 1. The molecule has 0 saturated heterocycles. The Hall–Kier alpha value is -2.45. The van der Waals surface area contributed by atoms with Crippen LogP contribution in [0.2, 0.25) is 0 Å². The molecule has 0 fully saturated rings. The van der Waals surface area contributed by atoms with Crippen molar-refractivity contribution in [2.24, 2.45) is 0 Å². The van der Waals surface area contributed by atoms with Gasteiger partial charge in [0.25, 0.3) is 0 Å². The molecule has 2 rings (SSSR count). The van der Waals surface area contributed by atoms with Gasteiger partial charge in [-0.05, 0) is 30.7 Å². The van der Waals surface area contributed by atoms with Crippen molar-refractivity contribution in [3.8, 4) is 5.75 Å². The number of carbonyl (C=O) groups is 1. The highest BCUT2D eigenvalue weighted by molar-refractivity contribution is 7.88. The van der Waals surface area contributed by atoms with E-state index >= 15 is 0 Å². The number of benzene rings is 2. The number of ether oxygens (including phenoxy) is 1. The fraction of sp³-hybridized carbons (Fsp3) is 0.316. The summed E-state index contributed by atoms with van der Waals surface area (Å²) in [5.74, 6) is -0.217. The zero-order chi connectivity index (χ0) is 20.0. The zero-order valence-corrected chi connectivity index (χ0v) is 16.3. The summed E-state index contributed by atoms with van der Waals surface area (Å²) < 4.78 is 43.5. The molecular weight excluding hydrogens is 371 g/mol. The normalized spacial score (nSPS) is 12.6. The molecule has 0 aliphatic carbocycles. The Labute approximate surface area is 159 Å². The number of para-hydroxylation sites is 1. The first-order chi connectivity index (χ1) is 12.7. The van der Waals surface area contributed by atoms with E-state index in [0.29, 0.717) is 11.3 Å². The number of methoxy groups -OCH3 is 1. The number of amides is 1. The zero-order valence-electron chi connectivity index (χ0n) is 15.5. The van der Waals surface area contributed by atoms with Crippen LogP contribution < -0.4 is 10.1 Å². The van der Waals surface area contributed by atoms with E-state index in [9.17, 15) is 17.6 Å². The first kappa shape index (κ1) is 20.9. The lowest BCUT2D eigenvalue weighted by Crippen LogP contribution is -2.40. The first-order valence-electron chi connectivity index (χ1n) is 8.32. The first-order valence-corrected chi connectivity index (χ1v) is 10.2. The lowest BCUT2D eigenvalue weighted by atomic mass is 10.1. The van der Waals surface area contributed by atoms with Crippen LogP contribution in [0.5, 0.6) is 5.75 Å². The third-order valence-electron chi connectivity index (χ3n) is 4.04. The van der Waals surface area contributed by atoms with Crippen LogP contribution in [0.4, 0.5) is 4.39 Å². The van der Waals surface area contributed by atoms with Gasteiger partial charge in [0.05, 0.1) is 26.0 Å². The van der Waals surface area contributed by atoms with Crippen LogP contribution in [0, 0.1) is 5.82 Å². The molecule has 0 spiro atoms. The van der Waals surface area contributed by atoms with Gasteiger partial charge in [0.1, 0.15) is 11.6 Å². The van der Waals surface area contributed by atoms with Crippen molar-refractivity contribution in [2.75, 3.05) is 19.9 Å².